The van der Waals surface area contributed by atoms with Gasteiger partial charge in [-0.3, -0.25) is 5.41 Å². The maximum absolute atomic E-state index is 10.9. The zero-order valence-electron chi connectivity index (χ0n) is 26.4. The summed E-state index contributed by atoms with van der Waals surface area (Å²) in [6.45, 7) is 15.8. The van der Waals surface area contributed by atoms with Gasteiger partial charge in [-0.05, 0) is 40.4 Å². The molecule has 0 spiro atoms. The molecule has 0 unspecified atom stereocenters. The standard InChI is InChI=1S/C35H63NO2/c1-8-9-10-11-12-13-14-15-16-17-18-19-20-21-22-23-26-38-32(36)25-24-29-27-30(34(2,3)4)33(37)31(28-29)35(5,6)7/h27-28,36-37H,8-26H2,1-7H3. The highest BCUT2D eigenvalue weighted by Gasteiger charge is 2.26. The van der Waals surface area contributed by atoms with E-state index in [0.29, 0.717) is 24.7 Å². The molecule has 3 nitrogen and oxygen atoms in total. The molecule has 0 amide bonds. The molecule has 220 valence electrons. The predicted octanol–water partition coefficient (Wildman–Crippen LogP) is 11.2. The number of aromatic hydroxyl groups is 1. The van der Waals surface area contributed by atoms with Crippen molar-refractivity contribution in [3.05, 3.63) is 28.8 Å². The minimum atomic E-state index is -0.128. The van der Waals surface area contributed by atoms with Gasteiger partial charge in [0.2, 0.25) is 0 Å². The van der Waals surface area contributed by atoms with Crippen LogP contribution in [0.15, 0.2) is 12.1 Å². The first-order valence-corrected chi connectivity index (χ1v) is 16.0. The Hall–Kier alpha value is -1.51. The predicted molar refractivity (Wildman–Crippen MR) is 167 cm³/mol. The van der Waals surface area contributed by atoms with Crippen LogP contribution in [-0.2, 0) is 22.0 Å². The lowest BCUT2D eigenvalue weighted by atomic mass is 9.78. The number of rotatable bonds is 20. The van der Waals surface area contributed by atoms with Gasteiger partial charge in [0.1, 0.15) is 5.75 Å². The molecular formula is C35H63NO2. The number of benzene rings is 1. The number of hydrogen-bond donors (Lipinski definition) is 2. The monoisotopic (exact) mass is 529 g/mol. The second-order valence-electron chi connectivity index (χ2n) is 13.6. The smallest absolute Gasteiger partial charge is 0.180 e. The van der Waals surface area contributed by atoms with Crippen molar-refractivity contribution in [2.45, 2.75) is 175 Å². The molecule has 0 bridgehead atoms. The fourth-order valence-electron chi connectivity index (χ4n) is 5.16. The third-order valence-electron chi connectivity index (χ3n) is 7.70. The maximum Gasteiger partial charge on any atom is 0.180 e. The van der Waals surface area contributed by atoms with Crippen molar-refractivity contribution in [2.75, 3.05) is 6.61 Å². The zero-order valence-corrected chi connectivity index (χ0v) is 26.4. The summed E-state index contributed by atoms with van der Waals surface area (Å²) < 4.78 is 5.74. The first-order chi connectivity index (χ1) is 18.0. The number of unbranched alkanes of at least 4 members (excludes halogenated alkanes) is 15. The highest BCUT2D eigenvalue weighted by atomic mass is 16.5. The Kier molecular flexibility index (Phi) is 17.0. The van der Waals surface area contributed by atoms with E-state index in [9.17, 15) is 5.11 Å². The topological polar surface area (TPSA) is 53.3 Å². The van der Waals surface area contributed by atoms with Gasteiger partial charge in [-0.1, -0.05) is 157 Å². The Balaban J connectivity index is 2.13. The van der Waals surface area contributed by atoms with Crippen molar-refractivity contribution in [2.24, 2.45) is 0 Å². The Morgan fingerprint density at radius 1 is 0.658 bits per heavy atom. The van der Waals surface area contributed by atoms with Gasteiger partial charge in [0.25, 0.3) is 0 Å². The van der Waals surface area contributed by atoms with Gasteiger partial charge in [-0.2, -0.15) is 0 Å². The van der Waals surface area contributed by atoms with Crippen molar-refractivity contribution >= 4 is 5.90 Å². The summed E-state index contributed by atoms with van der Waals surface area (Å²) in [6, 6.07) is 4.24. The molecule has 0 aromatic heterocycles. The quantitative estimate of drug-likeness (QED) is 0.100. The first-order valence-electron chi connectivity index (χ1n) is 16.0. The summed E-state index contributed by atoms with van der Waals surface area (Å²) in [5, 5.41) is 19.2. The molecule has 3 heteroatoms. The number of phenolic OH excluding ortho intramolecular Hbond substituents is 1. The molecule has 1 rings (SSSR count). The molecule has 0 radical (unpaired) electrons. The molecule has 0 heterocycles. The van der Waals surface area contributed by atoms with Crippen molar-refractivity contribution in [1.82, 2.24) is 0 Å². The number of nitrogens with one attached hydrogen (secondary N) is 1. The third-order valence-corrected chi connectivity index (χ3v) is 7.70. The van der Waals surface area contributed by atoms with E-state index >= 15 is 0 Å². The Morgan fingerprint density at radius 2 is 1.03 bits per heavy atom. The average Bonchev–Trinajstić information content (AvgIpc) is 2.83. The molecule has 2 N–H and O–H groups in total. The van der Waals surface area contributed by atoms with E-state index in [4.69, 9.17) is 10.1 Å². The summed E-state index contributed by atoms with van der Waals surface area (Å²) >= 11 is 0. The van der Waals surface area contributed by atoms with Crippen LogP contribution in [0.4, 0.5) is 0 Å². The van der Waals surface area contributed by atoms with Gasteiger partial charge in [0.15, 0.2) is 5.90 Å². The van der Waals surface area contributed by atoms with Crippen LogP contribution in [0, 0.1) is 5.41 Å². The molecule has 0 saturated heterocycles. The van der Waals surface area contributed by atoms with Crippen LogP contribution >= 0.6 is 0 Å². The number of aryl methyl sites for hydroxylation is 1. The van der Waals surface area contributed by atoms with Crippen LogP contribution in [0.5, 0.6) is 5.75 Å². The number of phenols is 1. The van der Waals surface area contributed by atoms with E-state index in [2.05, 4.69) is 60.6 Å². The first kappa shape index (κ1) is 34.5. The van der Waals surface area contributed by atoms with Crippen LogP contribution in [0.1, 0.15) is 174 Å². The average molecular weight is 530 g/mol. The number of ether oxygens (including phenoxy) is 1. The molecule has 0 aliphatic heterocycles. The van der Waals surface area contributed by atoms with Gasteiger partial charge < -0.3 is 9.84 Å². The van der Waals surface area contributed by atoms with Crippen LogP contribution < -0.4 is 0 Å². The van der Waals surface area contributed by atoms with E-state index in [-0.39, 0.29) is 10.8 Å². The van der Waals surface area contributed by atoms with Gasteiger partial charge in [0, 0.05) is 6.42 Å². The molecule has 0 fully saturated rings. The summed E-state index contributed by atoms with van der Waals surface area (Å²) in [6.07, 6.45) is 23.2. The SMILES string of the molecule is CCCCCCCCCCCCCCCCCCOC(=N)CCc1cc(C(C)(C)C)c(O)c(C(C)(C)C)c1. The Labute approximate surface area is 237 Å². The van der Waals surface area contributed by atoms with E-state index in [0.717, 1.165) is 24.0 Å². The fourth-order valence-corrected chi connectivity index (χ4v) is 5.16. The lowest BCUT2D eigenvalue weighted by Gasteiger charge is -2.28. The largest absolute Gasteiger partial charge is 0.507 e. The second kappa shape index (κ2) is 18.7. The second-order valence-corrected chi connectivity index (χ2v) is 13.6. The lowest BCUT2D eigenvalue weighted by Crippen LogP contribution is -2.18. The van der Waals surface area contributed by atoms with Crippen molar-refractivity contribution in [1.29, 1.82) is 5.41 Å². The fraction of sp³-hybridized carbons (Fsp3) is 0.800. The van der Waals surface area contributed by atoms with E-state index < -0.39 is 0 Å². The van der Waals surface area contributed by atoms with Gasteiger partial charge in [-0.25, -0.2) is 0 Å². The normalized spacial score (nSPS) is 12.2. The lowest BCUT2D eigenvalue weighted by molar-refractivity contribution is 0.281. The van der Waals surface area contributed by atoms with E-state index in [1.807, 2.05) is 0 Å². The number of hydrogen-bond acceptors (Lipinski definition) is 3. The van der Waals surface area contributed by atoms with E-state index in [1.165, 1.54) is 102 Å². The molecule has 38 heavy (non-hydrogen) atoms. The van der Waals surface area contributed by atoms with Gasteiger partial charge in [0.05, 0.1) is 6.61 Å². The highest BCUT2D eigenvalue weighted by molar-refractivity contribution is 5.72. The van der Waals surface area contributed by atoms with E-state index in [1.54, 1.807) is 0 Å². The molecule has 0 aliphatic carbocycles. The van der Waals surface area contributed by atoms with Crippen molar-refractivity contribution in [3.8, 4) is 5.75 Å². The summed E-state index contributed by atoms with van der Waals surface area (Å²) in [5.41, 5.74) is 2.89. The minimum absolute atomic E-state index is 0.128. The maximum atomic E-state index is 10.9. The summed E-state index contributed by atoms with van der Waals surface area (Å²) in [7, 11) is 0. The van der Waals surface area contributed by atoms with Crippen LogP contribution in [-0.4, -0.2) is 17.6 Å². The van der Waals surface area contributed by atoms with Crippen LogP contribution in [0.25, 0.3) is 0 Å². The molecule has 1 aromatic carbocycles. The third kappa shape index (κ3) is 15.2. The van der Waals surface area contributed by atoms with Gasteiger partial charge >= 0.3 is 0 Å². The Morgan fingerprint density at radius 3 is 1.39 bits per heavy atom. The summed E-state index contributed by atoms with van der Waals surface area (Å²) in [4.78, 5) is 0. The molecular weight excluding hydrogens is 466 g/mol. The van der Waals surface area contributed by atoms with Crippen LogP contribution in [0.3, 0.4) is 0 Å². The minimum Gasteiger partial charge on any atom is -0.507 e. The Bertz CT molecular complexity index is 734. The summed E-state index contributed by atoms with van der Waals surface area (Å²) in [5.74, 6) is 0.803. The highest BCUT2D eigenvalue weighted by Crippen LogP contribution is 2.40. The molecule has 0 saturated carbocycles. The zero-order chi connectivity index (χ0) is 28.4. The molecule has 0 aliphatic rings. The van der Waals surface area contributed by atoms with Crippen molar-refractivity contribution in [3.63, 3.8) is 0 Å². The van der Waals surface area contributed by atoms with Crippen molar-refractivity contribution < 1.29 is 9.84 Å². The van der Waals surface area contributed by atoms with Crippen LogP contribution in [0.2, 0.25) is 0 Å². The van der Waals surface area contributed by atoms with Gasteiger partial charge in [-0.15, -0.1) is 0 Å². The molecule has 0 atom stereocenters. The molecule has 1 aromatic rings.